The molecule has 27 heavy (non-hydrogen) atoms. The number of anilines is 1. The number of rotatable bonds is 3. The summed E-state index contributed by atoms with van der Waals surface area (Å²) >= 11 is 0. The molecule has 2 fully saturated rings. The van der Waals surface area contributed by atoms with Gasteiger partial charge in [0.15, 0.2) is 0 Å². The van der Waals surface area contributed by atoms with Crippen LogP contribution in [0, 0.1) is 0 Å². The van der Waals surface area contributed by atoms with Gasteiger partial charge in [0.05, 0.1) is 11.8 Å². The predicted octanol–water partition coefficient (Wildman–Crippen LogP) is 5.09. The Morgan fingerprint density at radius 2 is 1.74 bits per heavy atom. The van der Waals surface area contributed by atoms with Crippen molar-refractivity contribution in [1.29, 1.82) is 0 Å². The van der Waals surface area contributed by atoms with E-state index in [1.165, 1.54) is 24.8 Å². The second-order valence-electron chi connectivity index (χ2n) is 8.92. The Labute approximate surface area is 163 Å². The van der Waals surface area contributed by atoms with Gasteiger partial charge in [0.2, 0.25) is 0 Å². The van der Waals surface area contributed by atoms with Gasteiger partial charge in [-0.3, -0.25) is 0 Å². The maximum Gasteiger partial charge on any atom is 0.410 e. The molecular formula is C22H34N2O3. The molecule has 1 saturated heterocycles. The number of carbonyl (C=O) groups excluding carboxylic acids is 1. The molecule has 0 unspecified atom stereocenters. The second-order valence-corrected chi connectivity index (χ2v) is 8.92. The van der Waals surface area contributed by atoms with Crippen LogP contribution in [0.2, 0.25) is 0 Å². The monoisotopic (exact) mass is 374 g/mol. The van der Waals surface area contributed by atoms with Gasteiger partial charge in [-0.1, -0.05) is 12.5 Å². The minimum absolute atomic E-state index is 0.209. The highest BCUT2D eigenvalue weighted by molar-refractivity contribution is 5.68. The van der Waals surface area contributed by atoms with Crippen molar-refractivity contribution in [3.63, 3.8) is 0 Å². The van der Waals surface area contributed by atoms with E-state index in [2.05, 4.69) is 12.1 Å². The fourth-order valence-electron chi connectivity index (χ4n) is 3.99. The van der Waals surface area contributed by atoms with E-state index < -0.39 is 5.60 Å². The Hall–Kier alpha value is -1.91. The average molecular weight is 375 g/mol. The third kappa shape index (κ3) is 5.53. The predicted molar refractivity (Wildman–Crippen MR) is 108 cm³/mol. The number of ether oxygens (including phenoxy) is 2. The van der Waals surface area contributed by atoms with Gasteiger partial charge in [-0.25, -0.2) is 4.79 Å². The van der Waals surface area contributed by atoms with E-state index >= 15 is 0 Å². The fraction of sp³-hybridized carbons (Fsp3) is 0.682. The summed E-state index contributed by atoms with van der Waals surface area (Å²) in [6, 6.07) is 6.20. The Bertz CT molecular complexity index is 639. The molecule has 150 valence electrons. The van der Waals surface area contributed by atoms with Gasteiger partial charge in [-0.2, -0.15) is 0 Å². The van der Waals surface area contributed by atoms with E-state index in [1.54, 1.807) is 0 Å². The van der Waals surface area contributed by atoms with Crippen LogP contribution in [0.4, 0.5) is 10.5 Å². The van der Waals surface area contributed by atoms with Crippen molar-refractivity contribution in [2.45, 2.75) is 83.3 Å². The zero-order valence-electron chi connectivity index (χ0n) is 17.0. The maximum absolute atomic E-state index is 12.2. The van der Waals surface area contributed by atoms with Crippen LogP contribution in [0.5, 0.6) is 5.75 Å². The molecule has 0 radical (unpaired) electrons. The fourth-order valence-corrected chi connectivity index (χ4v) is 3.99. The van der Waals surface area contributed by atoms with E-state index in [1.807, 2.05) is 31.7 Å². The minimum atomic E-state index is -0.448. The third-order valence-corrected chi connectivity index (χ3v) is 5.50. The van der Waals surface area contributed by atoms with Crippen LogP contribution >= 0.6 is 0 Å². The molecule has 2 N–H and O–H groups in total. The summed E-state index contributed by atoms with van der Waals surface area (Å²) in [6.45, 7) is 7.16. The molecule has 1 aromatic rings. The van der Waals surface area contributed by atoms with Crippen molar-refractivity contribution in [2.24, 2.45) is 0 Å². The Morgan fingerprint density at radius 3 is 2.37 bits per heavy atom. The molecule has 0 bridgehead atoms. The van der Waals surface area contributed by atoms with Crippen molar-refractivity contribution < 1.29 is 14.3 Å². The lowest BCUT2D eigenvalue weighted by atomic mass is 9.89. The highest BCUT2D eigenvalue weighted by Crippen LogP contribution is 2.34. The summed E-state index contributed by atoms with van der Waals surface area (Å²) in [5.41, 5.74) is 7.69. The highest BCUT2D eigenvalue weighted by Gasteiger charge is 2.28. The van der Waals surface area contributed by atoms with E-state index in [9.17, 15) is 4.79 Å². The van der Waals surface area contributed by atoms with Gasteiger partial charge >= 0.3 is 6.09 Å². The van der Waals surface area contributed by atoms with E-state index in [4.69, 9.17) is 15.2 Å². The quantitative estimate of drug-likeness (QED) is 0.748. The molecule has 1 heterocycles. The average Bonchev–Trinajstić information content (AvgIpc) is 2.63. The Morgan fingerprint density at radius 1 is 1.07 bits per heavy atom. The molecule has 2 aliphatic rings. The number of nitrogens with two attached hydrogens (primary N) is 1. The molecule has 0 atom stereocenters. The number of benzene rings is 1. The summed E-state index contributed by atoms with van der Waals surface area (Å²) in [5, 5.41) is 0. The normalized spacial score (nSPS) is 19.7. The molecule has 5 nitrogen and oxygen atoms in total. The number of nitrogens with zero attached hydrogens (tertiary/aromatic N) is 1. The first-order valence-corrected chi connectivity index (χ1v) is 10.4. The second kappa shape index (κ2) is 8.41. The van der Waals surface area contributed by atoms with Gasteiger partial charge in [0.25, 0.3) is 0 Å². The lowest BCUT2D eigenvalue weighted by Gasteiger charge is -2.34. The summed E-state index contributed by atoms with van der Waals surface area (Å²) in [7, 11) is 0. The standard InChI is InChI=1S/C22H34N2O3/c1-22(2,3)27-21(25)24-13-11-16(12-14-24)17-9-10-19(23)20(15-17)26-18-7-5-4-6-8-18/h9-10,15-16,18H,4-8,11-14,23H2,1-3H3. The largest absolute Gasteiger partial charge is 0.488 e. The molecule has 0 aromatic heterocycles. The number of hydrogen-bond acceptors (Lipinski definition) is 4. The molecule has 1 amide bonds. The van der Waals surface area contributed by atoms with Gasteiger partial charge in [0.1, 0.15) is 11.4 Å². The minimum Gasteiger partial charge on any atom is -0.488 e. The van der Waals surface area contributed by atoms with Gasteiger partial charge in [0, 0.05) is 13.1 Å². The SMILES string of the molecule is CC(C)(C)OC(=O)N1CCC(c2ccc(N)c(OC3CCCCC3)c2)CC1. The van der Waals surface area contributed by atoms with Crippen molar-refractivity contribution >= 4 is 11.8 Å². The summed E-state index contributed by atoms with van der Waals surface area (Å²) < 4.78 is 11.7. The number of amides is 1. The smallest absolute Gasteiger partial charge is 0.410 e. The lowest BCUT2D eigenvalue weighted by Crippen LogP contribution is -2.41. The van der Waals surface area contributed by atoms with E-state index in [0.29, 0.717) is 12.0 Å². The molecule has 0 spiro atoms. The van der Waals surface area contributed by atoms with E-state index in [0.717, 1.165) is 50.2 Å². The summed E-state index contributed by atoms with van der Waals surface area (Å²) in [5.74, 6) is 1.26. The molecule has 3 rings (SSSR count). The number of nitrogen functional groups attached to an aromatic ring is 1. The Balaban J connectivity index is 1.59. The molecule has 1 aliphatic carbocycles. The molecule has 5 heteroatoms. The van der Waals surface area contributed by atoms with Crippen molar-refractivity contribution in [1.82, 2.24) is 4.90 Å². The molecule has 1 saturated carbocycles. The zero-order chi connectivity index (χ0) is 19.4. The Kier molecular flexibility index (Phi) is 6.18. The highest BCUT2D eigenvalue weighted by atomic mass is 16.6. The first-order chi connectivity index (χ1) is 12.8. The van der Waals surface area contributed by atoms with Crippen molar-refractivity contribution in [2.75, 3.05) is 18.8 Å². The van der Waals surface area contributed by atoms with Crippen LogP contribution in [0.25, 0.3) is 0 Å². The number of likely N-dealkylation sites (tertiary alicyclic amines) is 1. The summed E-state index contributed by atoms with van der Waals surface area (Å²) in [6.07, 6.45) is 8.00. The first kappa shape index (κ1) is 19.8. The topological polar surface area (TPSA) is 64.8 Å². The zero-order valence-corrected chi connectivity index (χ0v) is 17.0. The maximum atomic E-state index is 12.2. The van der Waals surface area contributed by atoms with Gasteiger partial charge in [-0.15, -0.1) is 0 Å². The van der Waals surface area contributed by atoms with Gasteiger partial charge in [-0.05, 0) is 82.9 Å². The van der Waals surface area contributed by atoms with Crippen LogP contribution in [0.15, 0.2) is 18.2 Å². The van der Waals surface area contributed by atoms with Crippen LogP contribution in [-0.2, 0) is 4.74 Å². The molecule has 1 aromatic carbocycles. The van der Waals surface area contributed by atoms with Crippen LogP contribution in [0.1, 0.15) is 77.2 Å². The first-order valence-electron chi connectivity index (χ1n) is 10.4. The lowest BCUT2D eigenvalue weighted by molar-refractivity contribution is 0.0204. The van der Waals surface area contributed by atoms with Crippen LogP contribution in [0.3, 0.4) is 0 Å². The van der Waals surface area contributed by atoms with Gasteiger partial charge < -0.3 is 20.1 Å². The van der Waals surface area contributed by atoms with E-state index in [-0.39, 0.29) is 6.09 Å². The van der Waals surface area contributed by atoms with Crippen molar-refractivity contribution in [3.05, 3.63) is 23.8 Å². The van der Waals surface area contributed by atoms with Crippen LogP contribution < -0.4 is 10.5 Å². The molecular weight excluding hydrogens is 340 g/mol. The third-order valence-electron chi connectivity index (χ3n) is 5.50. The number of piperidine rings is 1. The number of carbonyl (C=O) groups is 1. The van der Waals surface area contributed by atoms with Crippen LogP contribution in [-0.4, -0.2) is 35.8 Å². The molecule has 1 aliphatic heterocycles. The number of hydrogen-bond donors (Lipinski definition) is 1. The van der Waals surface area contributed by atoms with Crippen molar-refractivity contribution in [3.8, 4) is 5.75 Å². The summed E-state index contributed by atoms with van der Waals surface area (Å²) in [4.78, 5) is 14.1.